The molecule has 7 nitrogen and oxygen atoms in total. The number of sulfonamides is 1. The Morgan fingerprint density at radius 3 is 2.37 bits per heavy atom. The highest BCUT2D eigenvalue weighted by Crippen LogP contribution is 2.31. The van der Waals surface area contributed by atoms with E-state index in [4.69, 9.17) is 16.3 Å². The number of imide groups is 1. The van der Waals surface area contributed by atoms with Crippen LogP contribution in [0.2, 0.25) is 5.02 Å². The molecule has 3 aromatic carbocycles. The summed E-state index contributed by atoms with van der Waals surface area (Å²) in [6.45, 7) is -0.00737. The first-order valence-corrected chi connectivity index (χ1v) is 13.3. The first-order valence-electron chi connectivity index (χ1n) is 10.7. The number of ether oxygens (including phenoxy) is 1. The van der Waals surface area contributed by atoms with E-state index in [9.17, 15) is 18.0 Å². The molecule has 1 unspecified atom stereocenters. The van der Waals surface area contributed by atoms with Gasteiger partial charge < -0.3 is 4.74 Å². The lowest BCUT2D eigenvalue weighted by atomic mass is 10.1. The summed E-state index contributed by atoms with van der Waals surface area (Å²) in [4.78, 5) is 27.4. The molecule has 0 aliphatic carbocycles. The number of benzene rings is 3. The SMILES string of the molecule is COc1ccc(S(=O)(=O)N(CCc2cccc(Cl)c2)C2CC(=O)N(c3ccc(Br)cc3)C2=O)cc1. The predicted octanol–water partition coefficient (Wildman–Crippen LogP) is 4.68. The van der Waals surface area contributed by atoms with Crippen LogP contribution in [-0.4, -0.2) is 44.2 Å². The number of amides is 2. The van der Waals surface area contributed by atoms with Gasteiger partial charge in [-0.3, -0.25) is 9.59 Å². The van der Waals surface area contributed by atoms with E-state index < -0.39 is 27.9 Å². The lowest BCUT2D eigenvalue weighted by Gasteiger charge is -2.27. The fourth-order valence-corrected chi connectivity index (χ4v) is 6.02. The Hall–Kier alpha value is -2.72. The van der Waals surface area contributed by atoms with E-state index in [0.29, 0.717) is 22.9 Å². The van der Waals surface area contributed by atoms with E-state index >= 15 is 0 Å². The monoisotopic (exact) mass is 576 g/mol. The van der Waals surface area contributed by atoms with Crippen LogP contribution in [-0.2, 0) is 26.0 Å². The summed E-state index contributed by atoms with van der Waals surface area (Å²) in [7, 11) is -2.63. The molecule has 1 aliphatic heterocycles. The molecule has 182 valence electrons. The van der Waals surface area contributed by atoms with E-state index in [0.717, 1.165) is 19.2 Å². The molecule has 35 heavy (non-hydrogen) atoms. The molecule has 0 radical (unpaired) electrons. The third-order valence-corrected chi connectivity index (χ3v) is 8.42. The maximum atomic E-state index is 13.7. The lowest BCUT2D eigenvalue weighted by molar-refractivity contribution is -0.122. The van der Waals surface area contributed by atoms with Crippen LogP contribution in [0.1, 0.15) is 12.0 Å². The van der Waals surface area contributed by atoms with Crippen LogP contribution < -0.4 is 9.64 Å². The molecule has 4 rings (SSSR count). The molecule has 1 heterocycles. The molecular weight excluding hydrogens is 556 g/mol. The summed E-state index contributed by atoms with van der Waals surface area (Å²) in [6, 6.07) is 18.5. The maximum absolute atomic E-state index is 13.7. The third kappa shape index (κ3) is 5.43. The summed E-state index contributed by atoms with van der Waals surface area (Å²) in [6.07, 6.45) is 0.0615. The van der Waals surface area contributed by atoms with Gasteiger partial charge >= 0.3 is 0 Å². The van der Waals surface area contributed by atoms with Gasteiger partial charge in [0.05, 0.1) is 24.1 Å². The first-order chi connectivity index (χ1) is 16.7. The van der Waals surface area contributed by atoms with Gasteiger partial charge in [-0.1, -0.05) is 39.7 Å². The fourth-order valence-electron chi connectivity index (χ4n) is 3.96. The van der Waals surface area contributed by atoms with Crippen LogP contribution in [0.15, 0.2) is 82.2 Å². The van der Waals surface area contributed by atoms with Gasteiger partial charge in [0.1, 0.15) is 11.8 Å². The van der Waals surface area contributed by atoms with E-state index in [1.165, 1.54) is 31.4 Å². The average molecular weight is 578 g/mol. The molecule has 1 atom stereocenters. The Morgan fingerprint density at radius 1 is 1.06 bits per heavy atom. The van der Waals surface area contributed by atoms with Gasteiger partial charge in [0.25, 0.3) is 5.91 Å². The molecule has 0 saturated carbocycles. The number of nitrogens with zero attached hydrogens (tertiary/aromatic N) is 2. The van der Waals surface area contributed by atoms with E-state index in [2.05, 4.69) is 15.9 Å². The van der Waals surface area contributed by atoms with Crippen LogP contribution in [0.4, 0.5) is 5.69 Å². The zero-order valence-electron chi connectivity index (χ0n) is 18.7. The van der Waals surface area contributed by atoms with Gasteiger partial charge in [-0.2, -0.15) is 4.31 Å². The molecule has 3 aromatic rings. The number of carbonyl (C=O) groups is 2. The quantitative estimate of drug-likeness (QED) is 0.363. The van der Waals surface area contributed by atoms with Crippen LogP contribution in [0.25, 0.3) is 0 Å². The standard InChI is InChI=1S/C25H22BrClN2O5S/c1-34-21-9-11-22(12-10-21)35(32,33)28(14-13-17-3-2-4-19(27)15-17)23-16-24(30)29(25(23)31)20-7-5-18(26)6-8-20/h2-12,15,23H,13-14,16H2,1H3. The minimum atomic E-state index is -4.12. The average Bonchev–Trinajstić information content (AvgIpc) is 3.13. The Bertz CT molecular complexity index is 1350. The highest BCUT2D eigenvalue weighted by atomic mass is 79.9. The first kappa shape index (κ1) is 25.4. The largest absolute Gasteiger partial charge is 0.497 e. The molecule has 2 amide bonds. The Morgan fingerprint density at radius 2 is 1.74 bits per heavy atom. The second-order valence-corrected chi connectivity index (χ2v) is 11.2. The van der Waals surface area contributed by atoms with Gasteiger partial charge in [-0.25, -0.2) is 13.3 Å². The topological polar surface area (TPSA) is 84.0 Å². The van der Waals surface area contributed by atoms with Crippen molar-refractivity contribution < 1.29 is 22.7 Å². The number of hydrogen-bond acceptors (Lipinski definition) is 5. The third-order valence-electron chi connectivity index (χ3n) is 5.73. The summed E-state index contributed by atoms with van der Waals surface area (Å²) >= 11 is 9.42. The van der Waals surface area contributed by atoms with E-state index in [1.807, 2.05) is 6.07 Å². The van der Waals surface area contributed by atoms with Crippen molar-refractivity contribution >= 4 is 55.1 Å². The fraction of sp³-hybridized carbons (Fsp3) is 0.200. The van der Waals surface area contributed by atoms with Gasteiger partial charge in [-0.05, 0) is 72.6 Å². The minimum absolute atomic E-state index is 0.00624. The number of halogens is 2. The molecule has 0 N–H and O–H groups in total. The number of anilines is 1. The smallest absolute Gasteiger partial charge is 0.252 e. The van der Waals surface area contributed by atoms with Gasteiger partial charge in [0.15, 0.2) is 0 Å². The normalized spacial score (nSPS) is 16.2. The molecular formula is C25H22BrClN2O5S. The summed E-state index contributed by atoms with van der Waals surface area (Å²) in [5.74, 6) is -0.538. The number of rotatable bonds is 8. The number of hydrogen-bond donors (Lipinski definition) is 0. The zero-order valence-corrected chi connectivity index (χ0v) is 21.9. The van der Waals surface area contributed by atoms with Crippen molar-refractivity contribution in [1.29, 1.82) is 0 Å². The van der Waals surface area contributed by atoms with Crippen molar-refractivity contribution in [2.75, 3.05) is 18.6 Å². The molecule has 10 heteroatoms. The van der Waals surface area contributed by atoms with Gasteiger partial charge in [0, 0.05) is 16.0 Å². The summed E-state index contributed by atoms with van der Waals surface area (Å²) in [5.41, 5.74) is 1.20. The molecule has 0 aromatic heterocycles. The summed E-state index contributed by atoms with van der Waals surface area (Å²) in [5, 5.41) is 0.528. The minimum Gasteiger partial charge on any atom is -0.497 e. The van der Waals surface area contributed by atoms with Crippen LogP contribution in [0.5, 0.6) is 5.75 Å². The van der Waals surface area contributed by atoms with Crippen molar-refractivity contribution in [2.24, 2.45) is 0 Å². The number of methoxy groups -OCH3 is 1. The second kappa shape index (κ2) is 10.5. The second-order valence-electron chi connectivity index (χ2n) is 7.93. The predicted molar refractivity (Wildman–Crippen MR) is 137 cm³/mol. The van der Waals surface area contributed by atoms with Gasteiger partial charge in [-0.15, -0.1) is 0 Å². The Kier molecular flexibility index (Phi) is 7.61. The van der Waals surface area contributed by atoms with Crippen molar-refractivity contribution in [2.45, 2.75) is 23.8 Å². The molecule has 1 fully saturated rings. The highest BCUT2D eigenvalue weighted by Gasteiger charge is 2.46. The van der Waals surface area contributed by atoms with Crippen LogP contribution in [0, 0.1) is 0 Å². The van der Waals surface area contributed by atoms with Crippen molar-refractivity contribution in [3.63, 3.8) is 0 Å². The van der Waals surface area contributed by atoms with Crippen LogP contribution in [0.3, 0.4) is 0 Å². The van der Waals surface area contributed by atoms with E-state index in [-0.39, 0.29) is 17.9 Å². The maximum Gasteiger partial charge on any atom is 0.252 e. The molecule has 1 aliphatic rings. The summed E-state index contributed by atoms with van der Waals surface area (Å²) < 4.78 is 34.5. The van der Waals surface area contributed by atoms with Crippen molar-refractivity contribution in [3.05, 3.63) is 87.9 Å². The van der Waals surface area contributed by atoms with Crippen LogP contribution >= 0.6 is 27.5 Å². The Labute approximate surface area is 217 Å². The van der Waals surface area contributed by atoms with Gasteiger partial charge in [0.2, 0.25) is 15.9 Å². The lowest BCUT2D eigenvalue weighted by Crippen LogP contribution is -2.46. The Balaban J connectivity index is 1.69. The molecule has 1 saturated heterocycles. The highest BCUT2D eigenvalue weighted by molar-refractivity contribution is 9.10. The van der Waals surface area contributed by atoms with E-state index in [1.54, 1.807) is 42.5 Å². The van der Waals surface area contributed by atoms with Crippen molar-refractivity contribution in [3.8, 4) is 5.75 Å². The zero-order chi connectivity index (χ0) is 25.2. The molecule has 0 spiro atoms. The van der Waals surface area contributed by atoms with Crippen molar-refractivity contribution in [1.82, 2.24) is 4.31 Å². The molecule has 0 bridgehead atoms. The number of carbonyl (C=O) groups excluding carboxylic acids is 2.